The van der Waals surface area contributed by atoms with E-state index in [2.05, 4.69) is 4.98 Å². The molecule has 1 aromatic heterocycles. The molecule has 0 unspecified atom stereocenters. The quantitative estimate of drug-likeness (QED) is 0.515. The van der Waals surface area contributed by atoms with Crippen LogP contribution in [-0.4, -0.2) is 13.4 Å². The van der Waals surface area contributed by atoms with Crippen molar-refractivity contribution in [1.29, 1.82) is 0 Å². The Labute approximate surface area is 152 Å². The van der Waals surface area contributed by atoms with Gasteiger partial charge in [0.15, 0.2) is 0 Å². The van der Waals surface area contributed by atoms with Gasteiger partial charge in [0.2, 0.25) is 9.84 Å². The normalized spacial score (nSPS) is 11.6. The summed E-state index contributed by atoms with van der Waals surface area (Å²) in [4.78, 5) is 4.98. The molecule has 1 heterocycles. The molecule has 0 saturated heterocycles. The van der Waals surface area contributed by atoms with Gasteiger partial charge < -0.3 is 0 Å². The summed E-state index contributed by atoms with van der Waals surface area (Å²) >= 11 is 0. The summed E-state index contributed by atoms with van der Waals surface area (Å²) in [7, 11) is -3.68. The Kier molecular flexibility index (Phi) is 4.05. The lowest BCUT2D eigenvalue weighted by Gasteiger charge is -2.14. The van der Waals surface area contributed by atoms with Crippen LogP contribution in [0.2, 0.25) is 0 Å². The van der Waals surface area contributed by atoms with Crippen molar-refractivity contribution >= 4 is 20.7 Å². The Morgan fingerprint density at radius 3 is 2.12 bits per heavy atom. The Morgan fingerprint density at radius 1 is 0.769 bits per heavy atom. The number of rotatable bonds is 3. The zero-order valence-electron chi connectivity index (χ0n) is 14.3. The highest BCUT2D eigenvalue weighted by Gasteiger charge is 2.24. The molecule has 3 nitrogen and oxygen atoms in total. The molecule has 0 aliphatic carbocycles. The van der Waals surface area contributed by atoms with Crippen LogP contribution < -0.4 is 0 Å². The highest BCUT2D eigenvalue weighted by molar-refractivity contribution is 7.91. The SMILES string of the molecule is Cc1cccc2c(-c3ccccc3)c(S(=O)(=O)c3ccccc3)cnc12. The molecule has 0 spiro atoms. The van der Waals surface area contributed by atoms with Gasteiger partial charge in [-0.25, -0.2) is 8.42 Å². The van der Waals surface area contributed by atoms with Gasteiger partial charge in [-0.15, -0.1) is 0 Å². The van der Waals surface area contributed by atoms with E-state index in [0.29, 0.717) is 5.56 Å². The first-order valence-electron chi connectivity index (χ1n) is 8.33. The summed E-state index contributed by atoms with van der Waals surface area (Å²) in [5.41, 5.74) is 3.39. The van der Waals surface area contributed by atoms with E-state index in [-0.39, 0.29) is 9.79 Å². The van der Waals surface area contributed by atoms with Crippen LogP contribution in [-0.2, 0) is 9.84 Å². The number of hydrogen-bond donors (Lipinski definition) is 0. The molecule has 128 valence electrons. The predicted molar refractivity (Wildman–Crippen MR) is 104 cm³/mol. The zero-order chi connectivity index (χ0) is 18.1. The Balaban J connectivity index is 2.11. The van der Waals surface area contributed by atoms with Crippen LogP contribution in [0.4, 0.5) is 0 Å². The van der Waals surface area contributed by atoms with Gasteiger partial charge in [-0.1, -0.05) is 66.7 Å². The highest BCUT2D eigenvalue weighted by Crippen LogP contribution is 2.36. The zero-order valence-corrected chi connectivity index (χ0v) is 15.1. The minimum atomic E-state index is -3.68. The Bertz CT molecular complexity index is 1180. The Morgan fingerprint density at radius 2 is 1.42 bits per heavy atom. The van der Waals surface area contributed by atoms with Crippen molar-refractivity contribution in [1.82, 2.24) is 4.98 Å². The lowest BCUT2D eigenvalue weighted by Crippen LogP contribution is -2.05. The van der Waals surface area contributed by atoms with Crippen molar-refractivity contribution in [2.24, 2.45) is 0 Å². The van der Waals surface area contributed by atoms with Crippen molar-refractivity contribution in [3.05, 3.63) is 90.6 Å². The maximum absolute atomic E-state index is 13.3. The first-order chi connectivity index (χ1) is 12.6. The van der Waals surface area contributed by atoms with Crippen LogP contribution in [0.15, 0.2) is 94.9 Å². The molecule has 0 atom stereocenters. The minimum Gasteiger partial charge on any atom is -0.255 e. The molecule has 26 heavy (non-hydrogen) atoms. The van der Waals surface area contributed by atoms with Crippen molar-refractivity contribution in [2.75, 3.05) is 0 Å². The number of hydrogen-bond acceptors (Lipinski definition) is 3. The molecule has 0 fully saturated rings. The predicted octanol–water partition coefficient (Wildman–Crippen LogP) is 5.04. The fourth-order valence-electron chi connectivity index (χ4n) is 3.19. The van der Waals surface area contributed by atoms with Crippen LogP contribution in [0, 0.1) is 6.92 Å². The second-order valence-corrected chi connectivity index (χ2v) is 8.07. The molecular weight excluding hydrogens is 342 g/mol. The van der Waals surface area contributed by atoms with E-state index in [1.165, 1.54) is 6.20 Å². The number of sulfone groups is 1. The third-order valence-corrected chi connectivity index (χ3v) is 6.25. The highest BCUT2D eigenvalue weighted by atomic mass is 32.2. The molecule has 0 radical (unpaired) electrons. The molecular formula is C22H17NO2S. The number of aromatic nitrogens is 1. The van der Waals surface area contributed by atoms with Gasteiger partial charge in [-0.2, -0.15) is 0 Å². The standard InChI is InChI=1S/C22H17NO2S/c1-16-9-8-14-19-21(17-10-4-2-5-11-17)20(15-23-22(16)19)26(24,25)18-12-6-3-7-13-18/h2-15H,1H3. The van der Waals surface area contributed by atoms with Crippen LogP contribution in [0.5, 0.6) is 0 Å². The monoisotopic (exact) mass is 359 g/mol. The molecule has 0 aliphatic rings. The van der Waals surface area contributed by atoms with E-state index in [1.807, 2.05) is 55.5 Å². The summed E-state index contributed by atoms with van der Waals surface area (Å²) in [5.74, 6) is 0. The van der Waals surface area contributed by atoms with Crippen molar-refractivity contribution < 1.29 is 8.42 Å². The average Bonchev–Trinajstić information content (AvgIpc) is 2.69. The fourth-order valence-corrected chi connectivity index (χ4v) is 4.64. The summed E-state index contributed by atoms with van der Waals surface area (Å²) in [5, 5.41) is 0.841. The number of benzene rings is 3. The van der Waals surface area contributed by atoms with E-state index >= 15 is 0 Å². The lowest BCUT2D eigenvalue weighted by molar-refractivity contribution is 0.596. The van der Waals surface area contributed by atoms with E-state index < -0.39 is 9.84 Å². The summed E-state index contributed by atoms with van der Waals surface area (Å²) in [6, 6.07) is 24.0. The molecule has 0 saturated carbocycles. The van der Waals surface area contributed by atoms with Crippen LogP contribution >= 0.6 is 0 Å². The van der Waals surface area contributed by atoms with E-state index in [9.17, 15) is 8.42 Å². The molecule has 3 aromatic carbocycles. The molecule has 4 heteroatoms. The number of fused-ring (bicyclic) bond motifs is 1. The third-order valence-electron chi connectivity index (χ3n) is 4.47. The fraction of sp³-hybridized carbons (Fsp3) is 0.0455. The van der Waals surface area contributed by atoms with Gasteiger partial charge in [0.05, 0.1) is 15.3 Å². The van der Waals surface area contributed by atoms with Gasteiger partial charge in [0.25, 0.3) is 0 Å². The molecule has 4 rings (SSSR count). The average molecular weight is 359 g/mol. The third kappa shape index (κ3) is 2.68. The van der Waals surface area contributed by atoms with E-state index in [1.54, 1.807) is 30.3 Å². The maximum Gasteiger partial charge on any atom is 0.208 e. The van der Waals surface area contributed by atoms with Gasteiger partial charge in [-0.05, 0) is 30.2 Å². The topological polar surface area (TPSA) is 47.0 Å². The van der Waals surface area contributed by atoms with Gasteiger partial charge in [0.1, 0.15) is 0 Å². The largest absolute Gasteiger partial charge is 0.255 e. The Hall–Kier alpha value is -2.98. The first-order valence-corrected chi connectivity index (χ1v) is 9.81. The number of aryl methyl sites for hydroxylation is 1. The van der Waals surface area contributed by atoms with E-state index in [4.69, 9.17) is 0 Å². The first kappa shape index (κ1) is 16.5. The van der Waals surface area contributed by atoms with Crippen LogP contribution in [0.1, 0.15) is 5.56 Å². The molecule has 0 bridgehead atoms. The summed E-state index contributed by atoms with van der Waals surface area (Å²) in [6.07, 6.45) is 1.49. The smallest absolute Gasteiger partial charge is 0.208 e. The molecule has 4 aromatic rings. The van der Waals surface area contributed by atoms with Crippen molar-refractivity contribution in [2.45, 2.75) is 16.7 Å². The van der Waals surface area contributed by atoms with Gasteiger partial charge in [0, 0.05) is 17.1 Å². The molecule has 0 amide bonds. The van der Waals surface area contributed by atoms with Crippen LogP contribution in [0.25, 0.3) is 22.0 Å². The number of nitrogens with zero attached hydrogens (tertiary/aromatic N) is 1. The van der Waals surface area contributed by atoms with E-state index in [0.717, 1.165) is 22.0 Å². The summed E-state index contributed by atoms with van der Waals surface area (Å²) < 4.78 is 26.6. The minimum absolute atomic E-state index is 0.230. The second kappa shape index (κ2) is 6.39. The number of pyridine rings is 1. The van der Waals surface area contributed by atoms with Gasteiger partial charge >= 0.3 is 0 Å². The maximum atomic E-state index is 13.3. The molecule has 0 aliphatic heterocycles. The second-order valence-electron chi connectivity index (χ2n) is 6.15. The lowest BCUT2D eigenvalue weighted by atomic mass is 10.00. The summed E-state index contributed by atoms with van der Waals surface area (Å²) in [6.45, 7) is 1.98. The van der Waals surface area contributed by atoms with Crippen molar-refractivity contribution in [3.63, 3.8) is 0 Å². The van der Waals surface area contributed by atoms with Crippen LogP contribution in [0.3, 0.4) is 0 Å². The van der Waals surface area contributed by atoms with Crippen molar-refractivity contribution in [3.8, 4) is 11.1 Å². The number of para-hydroxylation sites is 1. The molecule has 0 N–H and O–H groups in total. The van der Waals surface area contributed by atoms with Gasteiger partial charge in [-0.3, -0.25) is 4.98 Å².